The molecule has 0 saturated carbocycles. The molecule has 3 aliphatic rings. The zero-order chi connectivity index (χ0) is 99.0. The number of hydrogen-bond acceptors (Lipinski definition) is 24. The van der Waals surface area contributed by atoms with Crippen molar-refractivity contribution in [1.29, 1.82) is 0 Å². The van der Waals surface area contributed by atoms with Gasteiger partial charge in [0, 0.05) is 112 Å². The summed E-state index contributed by atoms with van der Waals surface area (Å²) >= 11 is 2.14. The third kappa shape index (κ3) is 31.5. The number of hydrogen-bond donors (Lipinski definition) is 16. The number of nitrogens with one attached hydrogen (secondary N) is 10. The fourth-order valence-corrected chi connectivity index (χ4v) is 18.1. The van der Waals surface area contributed by atoms with E-state index in [-0.39, 0.29) is 94.7 Å². The summed E-state index contributed by atoms with van der Waals surface area (Å²) in [6, 6.07) is 0.965. The number of thioether (sulfide) groups is 1. The van der Waals surface area contributed by atoms with E-state index >= 15 is 28.8 Å². The summed E-state index contributed by atoms with van der Waals surface area (Å²) < 4.78 is 0.822. The van der Waals surface area contributed by atoms with E-state index in [1.54, 1.807) is 61.8 Å². The maximum atomic E-state index is 15.8. The number of benzene rings is 3. The minimum atomic E-state index is -1.97. The van der Waals surface area contributed by atoms with Crippen molar-refractivity contribution in [2.75, 3.05) is 65.4 Å². The Morgan fingerprint density at radius 2 is 1.21 bits per heavy atom. The molecule has 0 bridgehead atoms. The predicted molar refractivity (Wildman–Crippen MR) is 500 cm³/mol. The highest BCUT2D eigenvalue weighted by molar-refractivity contribution is 8.00. The predicted octanol–water partition coefficient (Wildman–Crippen LogP) is 0.587. The van der Waals surface area contributed by atoms with Crippen LogP contribution in [0.3, 0.4) is 0 Å². The number of rotatable bonds is 28. The number of fused-ring (bicyclic) bond motifs is 3. The number of phenolic OH excluding ortho intramolecular Hbond substituents is 1. The van der Waals surface area contributed by atoms with E-state index in [9.17, 15) is 77.6 Å². The van der Waals surface area contributed by atoms with Crippen LogP contribution >= 0.6 is 23.1 Å². The van der Waals surface area contributed by atoms with Crippen LogP contribution in [0.5, 0.6) is 5.75 Å². The van der Waals surface area contributed by atoms with Crippen LogP contribution in [0.4, 0.5) is 0 Å². The molecule has 19 N–H and O–H groups in total. The number of aromatic amines is 1. The lowest BCUT2D eigenvalue weighted by atomic mass is 9.92. The Balaban J connectivity index is 1.21. The van der Waals surface area contributed by atoms with E-state index < -0.39 is 254 Å². The lowest BCUT2D eigenvalue weighted by molar-refractivity contribution is -0.149. The number of carboxylic acids is 2. The number of nitrogens with two attached hydrogens (primary N) is 3. The van der Waals surface area contributed by atoms with Gasteiger partial charge in [0.2, 0.25) is 94.5 Å². The molecule has 0 aliphatic carbocycles. The van der Waals surface area contributed by atoms with Crippen molar-refractivity contribution in [1.82, 2.24) is 77.3 Å². The third-order valence-electron chi connectivity index (χ3n) is 23.7. The number of ketones is 1. The van der Waals surface area contributed by atoms with Crippen LogP contribution in [-0.2, 0) is 110 Å². The Hall–Kier alpha value is -13.2. The molecule has 0 unspecified atom stereocenters. The smallest absolute Gasteiger partial charge is 0.323 e. The van der Waals surface area contributed by atoms with Crippen molar-refractivity contribution < 1.29 is 106 Å². The average Bonchev–Trinajstić information content (AvgIpc) is 1.78. The molecule has 2 aromatic heterocycles. The maximum Gasteiger partial charge on any atom is 0.323 e. The van der Waals surface area contributed by atoms with E-state index in [2.05, 4.69) is 57.8 Å². The minimum Gasteiger partial charge on any atom is -0.508 e. The summed E-state index contributed by atoms with van der Waals surface area (Å²) in [5, 5.41) is 57.5. The monoisotopic (exact) mass is 1910 g/mol. The molecule has 3 aromatic carbocycles. The molecular weight excluding hydrogens is 1790 g/mol. The molecule has 41 nitrogen and oxygen atoms in total. The summed E-state index contributed by atoms with van der Waals surface area (Å²) in [7, 11) is 3.95. The number of carbonyl (C=O) groups excluding carboxylic acids is 17. The number of aliphatic carboxylic acids is 2. The number of H-pyrrole nitrogens is 1. The number of phenols is 1. The first-order valence-electron chi connectivity index (χ1n) is 45.1. The Kier molecular flexibility index (Phi) is 41.2. The van der Waals surface area contributed by atoms with Crippen molar-refractivity contribution in [2.24, 2.45) is 34.0 Å². The fraction of sp³-hybridized carbons (Fsp3) is 0.522. The van der Waals surface area contributed by atoms with Crippen LogP contribution in [0.25, 0.3) is 21.0 Å². The van der Waals surface area contributed by atoms with Crippen LogP contribution in [-0.4, -0.2) is 301 Å². The molecule has 5 aromatic rings. The molecule has 3 aliphatic heterocycles. The highest BCUT2D eigenvalue weighted by Crippen LogP contribution is 2.30. The van der Waals surface area contributed by atoms with E-state index in [0.29, 0.717) is 58.2 Å². The number of thiophene rings is 1. The second kappa shape index (κ2) is 51.9. The van der Waals surface area contributed by atoms with Gasteiger partial charge in [-0.1, -0.05) is 108 Å². The van der Waals surface area contributed by atoms with E-state index in [1.165, 1.54) is 79.7 Å². The van der Waals surface area contributed by atoms with Gasteiger partial charge in [0.25, 0.3) is 0 Å². The number of unbranched alkanes of at least 4 members (excludes halogenated alkanes) is 2. The van der Waals surface area contributed by atoms with Crippen molar-refractivity contribution in [3.05, 3.63) is 113 Å². The Morgan fingerprint density at radius 1 is 0.593 bits per heavy atom. The number of primary amides is 2. The summed E-state index contributed by atoms with van der Waals surface area (Å²) in [6.45, 7) is 5.01. The number of carboxylic acid groups (broad SMARTS) is 2. The molecule has 43 heteroatoms. The Labute approximate surface area is 789 Å². The average molecular weight is 1910 g/mol. The fourth-order valence-electron chi connectivity index (χ4n) is 16.3. The third-order valence-corrected chi connectivity index (χ3v) is 25.7. The standard InChI is InChI=1S/C92H125N19O22S2/c1-9-11-23-71-86(127)102-65(37-51(3)4)84(125)106-70(82(123)98-45-76(95)115)49-134-50-77(116)99-67(38-53-27-29-58(112)30-28-53)88(129)107(6)52(5)80(121)104-69(43-75(94)114)91(132)111-36-18-25-72(111)87(128)103-66(42-57-19-17-35-96-57)85(126)101-64(31-32-78(117)118)90(131)110(47-79(119)120)46-59(113)40-54(39-55-44-97-62-22-15-13-20-60(55)62)81(122)100-63(33-34-93)83(124)105-68(41-56-48-135-74-26-16-14-21-61(56)74)89(130)109(8)73(24-12-10-2)92(133)108(71)7/h13-16,19-22,26-30,35,44,48,51-52,54,63-73,97,112H,9-12,17-18,23-25,31-34,36-43,45-47,49-50,93H2,1-8H3,(H2,94,114)(H2,95,115)(H,98,123)(H,99,116)(H,100,122)(H,101,126)(H,102,127)(H,103,128)(H,104,121)(H,105,124)(H,106,125)(H,117,118)(H,119,120)/t52-,54+,63-,64-,65-,66-,67-,68-,69-,70-,71-,72-,73-/m0/s1. The molecule has 2 saturated heterocycles. The Bertz CT molecular complexity index is 5200. The number of Topliss-reactive ketones (excluding diaryl/α,β-unsaturated/α-hetero) is 1. The zero-order valence-corrected chi connectivity index (χ0v) is 78.7. The lowest BCUT2D eigenvalue weighted by Crippen LogP contribution is -2.60. The normalized spacial score (nSPS) is 23.7. The number of amides is 16. The van der Waals surface area contributed by atoms with Gasteiger partial charge in [-0.05, 0) is 122 Å². The van der Waals surface area contributed by atoms with Crippen molar-refractivity contribution in [3.63, 3.8) is 0 Å². The number of carbonyl (C=O) groups is 19. The number of nitrogens with zero attached hydrogens (tertiary/aromatic N) is 6. The van der Waals surface area contributed by atoms with Crippen molar-refractivity contribution >= 4 is 163 Å². The highest BCUT2D eigenvalue weighted by Gasteiger charge is 2.45. The van der Waals surface area contributed by atoms with Gasteiger partial charge in [-0.2, -0.15) is 0 Å². The van der Waals surface area contributed by atoms with E-state index in [0.717, 1.165) is 31.6 Å². The van der Waals surface area contributed by atoms with E-state index in [4.69, 9.17) is 17.2 Å². The minimum absolute atomic E-state index is 0.0215. The molecule has 13 atom stereocenters. The largest absolute Gasteiger partial charge is 0.508 e. The van der Waals surface area contributed by atoms with Crippen LogP contribution < -0.4 is 65.1 Å². The second-order valence-corrected chi connectivity index (χ2v) is 36.4. The number of para-hydroxylation sites is 1. The lowest BCUT2D eigenvalue weighted by Gasteiger charge is -2.36. The first-order valence-corrected chi connectivity index (χ1v) is 47.1. The second-order valence-electron chi connectivity index (χ2n) is 34.5. The number of aliphatic imine (C=N–C) groups is 1. The van der Waals surface area contributed by atoms with Gasteiger partial charge in [0.1, 0.15) is 84.8 Å². The number of aromatic nitrogens is 1. The first kappa shape index (κ1) is 107. The van der Waals surface area contributed by atoms with Gasteiger partial charge in [-0.25, -0.2) is 0 Å². The molecule has 135 heavy (non-hydrogen) atoms. The summed E-state index contributed by atoms with van der Waals surface area (Å²) in [4.78, 5) is 287. The van der Waals surface area contributed by atoms with Gasteiger partial charge in [0.15, 0.2) is 5.78 Å². The van der Waals surface area contributed by atoms with Crippen LogP contribution in [0.2, 0.25) is 0 Å². The SMILES string of the molecule is CCCC[C@H]1C(=O)N(C)[C@@H](CCCC)C(=O)N[C@@H](CC(C)C)C(=O)N[C@H](C(=O)NCC(N)=O)CSCC(=O)N[C@@H](Cc2ccc(O)cc2)C(=O)N(C)[C@@H](C)C(=O)N[C@@H](CC(N)=O)C(=O)N2CCC[C@H]2C(=O)N[C@@H](CC2=CCC=N2)C(=O)N[C@@H](CCC(=O)O)C(=O)N(CC(=O)O)CC(=O)C[C@@H](Cc2c[nH]c3ccccc23)C(=O)N[C@@H](CCN)C(=O)N[C@@H](Cc2csc3ccccc23)C(=O)N1C. The number of aromatic hydroxyl groups is 1. The number of likely N-dealkylation sites (N-methyl/N-ethyl adjacent to an activating group) is 3. The molecule has 732 valence electrons. The van der Waals surface area contributed by atoms with Gasteiger partial charge >= 0.3 is 11.9 Å². The molecule has 5 heterocycles. The molecule has 0 spiro atoms. The maximum absolute atomic E-state index is 15.8. The van der Waals surface area contributed by atoms with Crippen LogP contribution in [0.1, 0.15) is 154 Å². The van der Waals surface area contributed by atoms with Crippen molar-refractivity contribution in [3.8, 4) is 5.75 Å². The highest BCUT2D eigenvalue weighted by atomic mass is 32.2. The summed E-state index contributed by atoms with van der Waals surface area (Å²) in [5.74, 6) is -22.4. The quantitative estimate of drug-likeness (QED) is 0.0326. The van der Waals surface area contributed by atoms with Crippen LogP contribution in [0.15, 0.2) is 101 Å². The van der Waals surface area contributed by atoms with Gasteiger partial charge < -0.3 is 110 Å². The Morgan fingerprint density at radius 3 is 1.86 bits per heavy atom. The molecule has 0 radical (unpaired) electrons. The van der Waals surface area contributed by atoms with Crippen molar-refractivity contribution in [2.45, 2.75) is 229 Å². The topological polar surface area (TPSA) is 616 Å². The molecule has 16 amide bonds. The van der Waals surface area contributed by atoms with E-state index in [1.807, 2.05) is 32.0 Å². The number of allylic oxidation sites excluding steroid dienone is 1. The van der Waals surface area contributed by atoms with Gasteiger partial charge in [-0.3, -0.25) is 96.1 Å². The molecule has 8 rings (SSSR count). The summed E-state index contributed by atoms with van der Waals surface area (Å²) in [6.07, 6.45) is 2.05. The first-order chi connectivity index (χ1) is 64.2. The summed E-state index contributed by atoms with van der Waals surface area (Å²) in [5.41, 5.74) is 19.7. The van der Waals surface area contributed by atoms with Gasteiger partial charge in [0.05, 0.1) is 25.3 Å². The molecular formula is C92H125N19O22S2. The molecule has 2 fully saturated rings. The van der Waals surface area contributed by atoms with Crippen LogP contribution in [0, 0.1) is 11.8 Å². The van der Waals surface area contributed by atoms with Gasteiger partial charge in [-0.15, -0.1) is 23.1 Å². The zero-order valence-electron chi connectivity index (χ0n) is 77.0.